The molecule has 0 saturated heterocycles. The van der Waals surface area contributed by atoms with E-state index in [1.54, 1.807) is 6.08 Å². The third-order valence-corrected chi connectivity index (χ3v) is 2.72. The zero-order valence-corrected chi connectivity index (χ0v) is 15.0. The van der Waals surface area contributed by atoms with E-state index in [1.165, 1.54) is 11.1 Å². The van der Waals surface area contributed by atoms with Crippen molar-refractivity contribution in [1.29, 1.82) is 0 Å². The van der Waals surface area contributed by atoms with Crippen LogP contribution in [-0.2, 0) is 0 Å². The monoisotopic (exact) mass is 304 g/mol. The Bertz CT molecular complexity index is 427. The zero-order chi connectivity index (χ0) is 16.7. The van der Waals surface area contributed by atoms with E-state index in [0.717, 1.165) is 10.6 Å². The van der Waals surface area contributed by atoms with Crippen LogP contribution < -0.4 is 0 Å². The summed E-state index contributed by atoms with van der Waals surface area (Å²) in [7, 11) is 0. The fourth-order valence-corrected chi connectivity index (χ4v) is 1.32. The number of rotatable bonds is 0. The molecule has 2 rings (SSSR count). The molecule has 0 unspecified atom stereocenters. The van der Waals surface area contributed by atoms with Gasteiger partial charge in [0.2, 0.25) is 0 Å². The van der Waals surface area contributed by atoms with Gasteiger partial charge in [-0.05, 0) is 39.3 Å². The van der Waals surface area contributed by atoms with Crippen molar-refractivity contribution < 1.29 is 0 Å². The average molecular weight is 305 g/mol. The smallest absolute Gasteiger partial charge is 0.0435 e. The highest BCUT2D eigenvalue weighted by Crippen LogP contribution is 2.11. The number of allylic oxidation sites excluding steroid dienone is 1. The molecule has 0 spiro atoms. The molecule has 0 aliphatic heterocycles. The van der Waals surface area contributed by atoms with Crippen molar-refractivity contribution in [3.63, 3.8) is 0 Å². The lowest BCUT2D eigenvalue weighted by atomic mass is 10.2. The van der Waals surface area contributed by atoms with Crippen molar-refractivity contribution in [2.24, 2.45) is 0 Å². The molecule has 2 aromatic carbocycles. The van der Waals surface area contributed by atoms with E-state index in [9.17, 15) is 0 Å². The van der Waals surface area contributed by atoms with Gasteiger partial charge in [-0.25, -0.2) is 0 Å². The minimum atomic E-state index is 0.840. The summed E-state index contributed by atoms with van der Waals surface area (Å²) in [5, 5.41) is 0.840. The maximum absolute atomic E-state index is 5.71. The first kappa shape index (κ1) is 21.8. The third kappa shape index (κ3) is 13.2. The number of aryl methyl sites for hydroxylation is 3. The van der Waals surface area contributed by atoms with Crippen LogP contribution >= 0.6 is 11.6 Å². The standard InChI is InChI=1S/C8H10.C7H7Cl.C3H6.C2H6/c1-7-3-5-8(2)6-4-7;1-6-4-2-3-5-7(6)8;1-3-2;1-2/h3-6H,1-2H3;2-5H,1H3;3H,1H2,2H3;1-2H3. The highest BCUT2D eigenvalue weighted by atomic mass is 35.5. The Hall–Kier alpha value is -1.53. The quantitative estimate of drug-likeness (QED) is 0.452. The minimum Gasteiger partial charge on any atom is -0.103 e. The molecular weight excluding hydrogens is 276 g/mol. The summed E-state index contributed by atoms with van der Waals surface area (Å²) in [6.45, 7) is 15.4. The Morgan fingerprint density at radius 1 is 0.810 bits per heavy atom. The predicted molar refractivity (Wildman–Crippen MR) is 99.3 cm³/mol. The Kier molecular flexibility index (Phi) is 15.4. The van der Waals surface area contributed by atoms with Gasteiger partial charge >= 0.3 is 0 Å². The second-order valence-electron chi connectivity index (χ2n) is 4.31. The van der Waals surface area contributed by atoms with Crippen LogP contribution in [0.1, 0.15) is 37.5 Å². The fraction of sp³-hybridized carbons (Fsp3) is 0.300. The minimum absolute atomic E-state index is 0.840. The molecule has 0 aliphatic rings. The van der Waals surface area contributed by atoms with Gasteiger partial charge in [0, 0.05) is 5.02 Å². The first-order valence-corrected chi connectivity index (χ1v) is 7.70. The van der Waals surface area contributed by atoms with Gasteiger partial charge in [0.1, 0.15) is 0 Å². The summed E-state index contributed by atoms with van der Waals surface area (Å²) >= 11 is 5.71. The van der Waals surface area contributed by atoms with Crippen molar-refractivity contribution in [2.45, 2.75) is 41.5 Å². The summed E-state index contributed by atoms with van der Waals surface area (Å²) in [5.74, 6) is 0. The van der Waals surface area contributed by atoms with Crippen LogP contribution in [-0.4, -0.2) is 0 Å². The van der Waals surface area contributed by atoms with Gasteiger partial charge in [0.25, 0.3) is 0 Å². The second kappa shape index (κ2) is 14.9. The van der Waals surface area contributed by atoms with Crippen molar-refractivity contribution >= 4 is 11.6 Å². The van der Waals surface area contributed by atoms with Crippen LogP contribution in [0.2, 0.25) is 5.02 Å². The molecule has 116 valence electrons. The SMILES string of the molecule is C=CC.CC.Cc1ccc(C)cc1.Cc1ccccc1Cl. The van der Waals surface area contributed by atoms with Gasteiger partial charge in [0.15, 0.2) is 0 Å². The van der Waals surface area contributed by atoms with Crippen LogP contribution in [0.5, 0.6) is 0 Å². The third-order valence-electron chi connectivity index (χ3n) is 2.29. The Morgan fingerprint density at radius 2 is 1.14 bits per heavy atom. The summed E-state index contributed by atoms with van der Waals surface area (Å²) in [6.07, 6.45) is 1.75. The second-order valence-corrected chi connectivity index (χ2v) is 4.72. The molecule has 1 heteroatoms. The van der Waals surface area contributed by atoms with Gasteiger partial charge in [-0.3, -0.25) is 0 Å². The lowest BCUT2D eigenvalue weighted by Crippen LogP contribution is -1.70. The molecule has 0 aromatic heterocycles. The number of hydrogen-bond acceptors (Lipinski definition) is 0. The highest BCUT2D eigenvalue weighted by Gasteiger charge is 1.86. The molecule has 0 amide bonds. The van der Waals surface area contributed by atoms with E-state index >= 15 is 0 Å². The molecular formula is C20H29Cl. The van der Waals surface area contributed by atoms with Crippen LogP contribution in [0.3, 0.4) is 0 Å². The lowest BCUT2D eigenvalue weighted by molar-refractivity contribution is 1.40. The molecule has 0 radical (unpaired) electrons. The van der Waals surface area contributed by atoms with Crippen molar-refractivity contribution in [2.75, 3.05) is 0 Å². The maximum atomic E-state index is 5.71. The topological polar surface area (TPSA) is 0 Å². The van der Waals surface area contributed by atoms with Gasteiger partial charge < -0.3 is 0 Å². The molecule has 2 aromatic rings. The fourth-order valence-electron chi connectivity index (χ4n) is 1.19. The summed E-state index contributed by atoms with van der Waals surface area (Å²) in [4.78, 5) is 0. The van der Waals surface area contributed by atoms with Gasteiger partial charge in [0.05, 0.1) is 0 Å². The van der Waals surface area contributed by atoms with Crippen molar-refractivity contribution in [3.8, 4) is 0 Å². The number of benzene rings is 2. The lowest BCUT2D eigenvalue weighted by Gasteiger charge is -1.90. The summed E-state index contributed by atoms with van der Waals surface area (Å²) < 4.78 is 0. The average Bonchev–Trinajstić information content (AvgIpc) is 2.49. The van der Waals surface area contributed by atoms with E-state index < -0.39 is 0 Å². The number of halogens is 1. The highest BCUT2D eigenvalue weighted by molar-refractivity contribution is 6.31. The maximum Gasteiger partial charge on any atom is 0.0435 e. The largest absolute Gasteiger partial charge is 0.103 e. The van der Waals surface area contributed by atoms with Crippen molar-refractivity contribution in [3.05, 3.63) is 82.9 Å². The van der Waals surface area contributed by atoms with Crippen LogP contribution in [0, 0.1) is 20.8 Å². The van der Waals surface area contributed by atoms with Crippen molar-refractivity contribution in [1.82, 2.24) is 0 Å². The van der Waals surface area contributed by atoms with E-state index in [0.29, 0.717) is 0 Å². The molecule has 0 nitrogen and oxygen atoms in total. The molecule has 0 saturated carbocycles. The molecule has 0 atom stereocenters. The first-order valence-electron chi connectivity index (χ1n) is 7.32. The summed E-state index contributed by atoms with van der Waals surface area (Å²) in [5.41, 5.74) is 3.79. The van der Waals surface area contributed by atoms with E-state index in [2.05, 4.69) is 44.7 Å². The Balaban J connectivity index is 0. The van der Waals surface area contributed by atoms with E-state index in [-0.39, 0.29) is 0 Å². The molecule has 0 aliphatic carbocycles. The van der Waals surface area contributed by atoms with Gasteiger partial charge in [-0.2, -0.15) is 0 Å². The summed E-state index contributed by atoms with van der Waals surface area (Å²) in [6, 6.07) is 16.3. The molecule has 21 heavy (non-hydrogen) atoms. The molecule has 0 N–H and O–H groups in total. The predicted octanol–water partition coefficient (Wildman–Crippen LogP) is 7.17. The molecule has 0 heterocycles. The van der Waals surface area contributed by atoms with E-state index in [1.807, 2.05) is 52.0 Å². The van der Waals surface area contributed by atoms with E-state index in [4.69, 9.17) is 11.6 Å². The van der Waals surface area contributed by atoms with Gasteiger partial charge in [-0.1, -0.05) is 85.1 Å². The first-order chi connectivity index (χ1) is 10.0. The normalized spacial score (nSPS) is 7.95. The number of hydrogen-bond donors (Lipinski definition) is 0. The molecule has 0 fully saturated rings. The van der Waals surface area contributed by atoms with Gasteiger partial charge in [-0.15, -0.1) is 6.58 Å². The Morgan fingerprint density at radius 3 is 1.38 bits per heavy atom. The van der Waals surface area contributed by atoms with Crippen LogP contribution in [0.15, 0.2) is 61.2 Å². The Labute approximate surface area is 136 Å². The van der Waals surface area contributed by atoms with Crippen LogP contribution in [0.25, 0.3) is 0 Å². The van der Waals surface area contributed by atoms with Crippen LogP contribution in [0.4, 0.5) is 0 Å². The molecule has 0 bridgehead atoms. The zero-order valence-electron chi connectivity index (χ0n) is 14.3.